The third-order valence-corrected chi connectivity index (χ3v) is 3.38. The largest absolute Gasteiger partial charge is 0.429 e. The van der Waals surface area contributed by atoms with Gasteiger partial charge in [0.1, 0.15) is 11.5 Å². The third-order valence-electron chi connectivity index (χ3n) is 3.38. The van der Waals surface area contributed by atoms with Gasteiger partial charge in [-0.1, -0.05) is 0 Å². The third kappa shape index (κ3) is 3.48. The molecule has 0 unspecified atom stereocenters. The smallest absolute Gasteiger partial charge is 0.343 e. The fourth-order valence-electron chi connectivity index (χ4n) is 1.96. The van der Waals surface area contributed by atoms with E-state index in [9.17, 15) is 9.59 Å². The van der Waals surface area contributed by atoms with E-state index in [-0.39, 0.29) is 0 Å². The van der Waals surface area contributed by atoms with Crippen LogP contribution in [0.1, 0.15) is 27.0 Å². The standard InChI is InChI=1S/C17H16O4/c1-11-8-14(9-12(2)13(11)3)17(19)21-16-6-4-15(5-7-16)20-10-18/h4-10H,1-3H3. The van der Waals surface area contributed by atoms with Crippen LogP contribution in [0, 0.1) is 20.8 Å². The van der Waals surface area contributed by atoms with Crippen LogP contribution in [0.25, 0.3) is 0 Å². The molecule has 2 aromatic rings. The van der Waals surface area contributed by atoms with E-state index in [0.29, 0.717) is 23.5 Å². The zero-order valence-corrected chi connectivity index (χ0v) is 12.2. The quantitative estimate of drug-likeness (QED) is 0.491. The molecule has 4 nitrogen and oxygen atoms in total. The lowest BCUT2D eigenvalue weighted by molar-refractivity contribution is -0.120. The number of carbonyl (C=O) groups excluding carboxylic acids is 2. The van der Waals surface area contributed by atoms with Gasteiger partial charge < -0.3 is 9.47 Å². The molecule has 0 atom stereocenters. The zero-order chi connectivity index (χ0) is 15.4. The van der Waals surface area contributed by atoms with E-state index in [1.165, 1.54) is 5.56 Å². The zero-order valence-electron chi connectivity index (χ0n) is 12.2. The molecule has 0 aromatic heterocycles. The number of esters is 1. The van der Waals surface area contributed by atoms with Crippen molar-refractivity contribution in [2.24, 2.45) is 0 Å². The van der Waals surface area contributed by atoms with Crippen molar-refractivity contribution in [3.8, 4) is 11.5 Å². The second kappa shape index (κ2) is 6.22. The van der Waals surface area contributed by atoms with Crippen LogP contribution in [0.4, 0.5) is 0 Å². The first-order chi connectivity index (χ1) is 10.0. The highest BCUT2D eigenvalue weighted by Gasteiger charge is 2.11. The van der Waals surface area contributed by atoms with Crippen LogP contribution in [-0.4, -0.2) is 12.4 Å². The van der Waals surface area contributed by atoms with Crippen LogP contribution in [0.15, 0.2) is 36.4 Å². The van der Waals surface area contributed by atoms with Crippen molar-refractivity contribution in [3.63, 3.8) is 0 Å². The van der Waals surface area contributed by atoms with E-state index < -0.39 is 5.97 Å². The number of benzene rings is 2. The van der Waals surface area contributed by atoms with Gasteiger partial charge in [0.2, 0.25) is 0 Å². The molecule has 21 heavy (non-hydrogen) atoms. The molecule has 0 heterocycles. The van der Waals surface area contributed by atoms with Crippen molar-refractivity contribution in [3.05, 3.63) is 58.7 Å². The first-order valence-electron chi connectivity index (χ1n) is 6.51. The molecule has 0 aliphatic rings. The van der Waals surface area contributed by atoms with E-state index in [2.05, 4.69) is 4.74 Å². The van der Waals surface area contributed by atoms with E-state index in [1.807, 2.05) is 32.9 Å². The summed E-state index contributed by atoms with van der Waals surface area (Å²) in [6, 6.07) is 9.89. The molecular formula is C17H16O4. The van der Waals surface area contributed by atoms with Gasteiger partial charge in [0, 0.05) is 0 Å². The van der Waals surface area contributed by atoms with Crippen molar-refractivity contribution in [1.82, 2.24) is 0 Å². The van der Waals surface area contributed by atoms with Gasteiger partial charge >= 0.3 is 5.97 Å². The molecule has 0 saturated heterocycles. The lowest BCUT2D eigenvalue weighted by atomic mass is 10.0. The lowest BCUT2D eigenvalue weighted by Crippen LogP contribution is -2.09. The van der Waals surface area contributed by atoms with Crippen molar-refractivity contribution in [1.29, 1.82) is 0 Å². The molecule has 4 heteroatoms. The van der Waals surface area contributed by atoms with Gasteiger partial charge in [-0.3, -0.25) is 4.79 Å². The number of ether oxygens (including phenoxy) is 2. The first-order valence-corrected chi connectivity index (χ1v) is 6.51. The predicted molar refractivity (Wildman–Crippen MR) is 78.7 cm³/mol. The number of aryl methyl sites for hydroxylation is 2. The van der Waals surface area contributed by atoms with E-state index in [4.69, 9.17) is 4.74 Å². The Balaban J connectivity index is 2.16. The maximum Gasteiger partial charge on any atom is 0.343 e. The van der Waals surface area contributed by atoms with Crippen LogP contribution in [0.5, 0.6) is 11.5 Å². The number of hydrogen-bond acceptors (Lipinski definition) is 4. The SMILES string of the molecule is Cc1cc(C(=O)Oc2ccc(OC=O)cc2)cc(C)c1C. The molecule has 0 bridgehead atoms. The molecule has 0 amide bonds. The second-order valence-corrected chi connectivity index (χ2v) is 4.81. The highest BCUT2D eigenvalue weighted by molar-refractivity contribution is 5.91. The van der Waals surface area contributed by atoms with Crippen LogP contribution in [0.3, 0.4) is 0 Å². The van der Waals surface area contributed by atoms with Crippen LogP contribution in [0.2, 0.25) is 0 Å². The van der Waals surface area contributed by atoms with Gasteiger partial charge in [0.25, 0.3) is 6.47 Å². The molecule has 0 radical (unpaired) electrons. The first kappa shape index (κ1) is 14.8. The normalized spacial score (nSPS) is 10.0. The molecule has 108 valence electrons. The molecule has 0 spiro atoms. The number of hydrogen-bond donors (Lipinski definition) is 0. The van der Waals surface area contributed by atoms with Crippen LogP contribution >= 0.6 is 0 Å². The highest BCUT2D eigenvalue weighted by atomic mass is 16.5. The maximum absolute atomic E-state index is 12.1. The van der Waals surface area contributed by atoms with Gasteiger partial charge in [0.15, 0.2) is 0 Å². The second-order valence-electron chi connectivity index (χ2n) is 4.81. The lowest BCUT2D eigenvalue weighted by Gasteiger charge is -2.09. The Labute approximate surface area is 123 Å². The summed E-state index contributed by atoms with van der Waals surface area (Å²) in [7, 11) is 0. The Bertz CT molecular complexity index is 649. The van der Waals surface area contributed by atoms with Gasteiger partial charge in [-0.05, 0) is 73.9 Å². The fraction of sp³-hybridized carbons (Fsp3) is 0.176. The fourth-order valence-corrected chi connectivity index (χ4v) is 1.96. The summed E-state index contributed by atoms with van der Waals surface area (Å²) in [5, 5.41) is 0. The molecule has 0 aliphatic carbocycles. The average Bonchev–Trinajstić information content (AvgIpc) is 2.46. The molecule has 2 rings (SSSR count). The van der Waals surface area contributed by atoms with Gasteiger partial charge in [0.05, 0.1) is 5.56 Å². The Morgan fingerprint density at radius 2 is 1.48 bits per heavy atom. The number of carbonyl (C=O) groups is 2. The van der Waals surface area contributed by atoms with Crippen LogP contribution < -0.4 is 9.47 Å². The summed E-state index contributed by atoms with van der Waals surface area (Å²) in [6.45, 7) is 6.29. The van der Waals surface area contributed by atoms with Crippen molar-refractivity contribution in [2.75, 3.05) is 0 Å². The minimum atomic E-state index is -0.412. The van der Waals surface area contributed by atoms with Crippen molar-refractivity contribution in [2.45, 2.75) is 20.8 Å². The molecule has 2 aromatic carbocycles. The summed E-state index contributed by atoms with van der Waals surface area (Å²) in [6.07, 6.45) is 0. The van der Waals surface area contributed by atoms with E-state index >= 15 is 0 Å². The van der Waals surface area contributed by atoms with Gasteiger partial charge in [-0.15, -0.1) is 0 Å². The van der Waals surface area contributed by atoms with Crippen molar-refractivity contribution < 1.29 is 19.1 Å². The summed E-state index contributed by atoms with van der Waals surface area (Å²) < 4.78 is 9.97. The monoisotopic (exact) mass is 284 g/mol. The van der Waals surface area contributed by atoms with E-state index in [1.54, 1.807) is 24.3 Å². The Hall–Kier alpha value is -2.62. The molecule has 0 saturated carbocycles. The summed E-state index contributed by atoms with van der Waals surface area (Å²) >= 11 is 0. The Kier molecular flexibility index (Phi) is 4.38. The number of rotatable bonds is 4. The molecule has 0 fully saturated rings. The maximum atomic E-state index is 12.1. The summed E-state index contributed by atoms with van der Waals surface area (Å²) in [5.41, 5.74) is 3.79. The van der Waals surface area contributed by atoms with Gasteiger partial charge in [-0.2, -0.15) is 0 Å². The van der Waals surface area contributed by atoms with E-state index in [0.717, 1.165) is 11.1 Å². The van der Waals surface area contributed by atoms with Crippen LogP contribution in [-0.2, 0) is 4.79 Å². The summed E-state index contributed by atoms with van der Waals surface area (Å²) in [5.74, 6) is 0.381. The highest BCUT2D eigenvalue weighted by Crippen LogP contribution is 2.20. The molecule has 0 N–H and O–H groups in total. The molecular weight excluding hydrogens is 268 g/mol. The Morgan fingerprint density at radius 1 is 0.952 bits per heavy atom. The molecule has 0 aliphatic heterocycles. The average molecular weight is 284 g/mol. The van der Waals surface area contributed by atoms with Gasteiger partial charge in [-0.25, -0.2) is 4.79 Å². The topological polar surface area (TPSA) is 52.6 Å². The minimum absolute atomic E-state index is 0.346. The predicted octanol–water partition coefficient (Wildman–Crippen LogP) is 3.37. The minimum Gasteiger partial charge on any atom is -0.429 e. The Morgan fingerprint density at radius 3 is 2.00 bits per heavy atom. The van der Waals surface area contributed by atoms with Crippen molar-refractivity contribution >= 4 is 12.4 Å². The summed E-state index contributed by atoms with van der Waals surface area (Å²) in [4.78, 5) is 22.3.